The van der Waals surface area contributed by atoms with Gasteiger partial charge < -0.3 is 0 Å². The Morgan fingerprint density at radius 2 is 1.10 bits per heavy atom. The zero-order chi connectivity index (χ0) is 21.7. The van der Waals surface area contributed by atoms with Crippen LogP contribution < -0.4 is 5.46 Å². The van der Waals surface area contributed by atoms with Crippen molar-refractivity contribution in [1.82, 2.24) is 15.0 Å². The van der Waals surface area contributed by atoms with Gasteiger partial charge in [-0.2, -0.15) is 0 Å². The van der Waals surface area contributed by atoms with Crippen molar-refractivity contribution in [1.29, 1.82) is 0 Å². The molecule has 0 N–H and O–H groups in total. The van der Waals surface area contributed by atoms with Crippen LogP contribution >= 0.6 is 0 Å². The van der Waals surface area contributed by atoms with Gasteiger partial charge in [0.1, 0.15) is 0 Å². The van der Waals surface area contributed by atoms with E-state index in [1.165, 1.54) is 18.2 Å². The Labute approximate surface area is 185 Å². The van der Waals surface area contributed by atoms with E-state index in [0.717, 1.165) is 24.0 Å². The van der Waals surface area contributed by atoms with Crippen LogP contribution in [-0.2, 0) is 0 Å². The van der Waals surface area contributed by atoms with Crippen molar-refractivity contribution in [3.05, 3.63) is 84.9 Å². The highest BCUT2D eigenvalue weighted by Crippen LogP contribution is 2.24. The van der Waals surface area contributed by atoms with E-state index < -0.39 is 0 Å². The second-order valence-electron chi connectivity index (χ2n) is 9.15. The summed E-state index contributed by atoms with van der Waals surface area (Å²) in [7, 11) is 1.06. The third-order valence-corrected chi connectivity index (χ3v) is 5.28. The molecule has 4 aromatic rings. The lowest BCUT2D eigenvalue weighted by molar-refractivity contribution is 0.397. The van der Waals surface area contributed by atoms with E-state index in [1.54, 1.807) is 0 Å². The Morgan fingerprint density at radius 1 is 0.613 bits per heavy atom. The van der Waals surface area contributed by atoms with Gasteiger partial charge in [0.05, 0.1) is 0 Å². The molecule has 0 fully saturated rings. The molecule has 0 saturated carbocycles. The first-order valence-corrected chi connectivity index (χ1v) is 10.9. The average Bonchev–Trinajstić information content (AvgIpc) is 2.79. The third kappa shape index (κ3) is 5.66. The van der Waals surface area contributed by atoms with Crippen molar-refractivity contribution in [2.75, 3.05) is 0 Å². The molecule has 0 aliphatic carbocycles. The molecule has 3 nitrogen and oxygen atoms in total. The molecule has 0 saturated heterocycles. The molecule has 0 amide bonds. The summed E-state index contributed by atoms with van der Waals surface area (Å²) in [5.74, 6) is 2.11. The van der Waals surface area contributed by atoms with Gasteiger partial charge in [0.2, 0.25) is 0 Å². The number of nitrogens with zero attached hydrogens (tertiary/aromatic N) is 3. The zero-order valence-corrected chi connectivity index (χ0v) is 18.5. The number of benzene rings is 3. The zero-order valence-electron chi connectivity index (χ0n) is 18.5. The van der Waals surface area contributed by atoms with E-state index in [-0.39, 0.29) is 0 Å². The summed E-state index contributed by atoms with van der Waals surface area (Å²) in [5, 5.41) is 0. The van der Waals surface area contributed by atoms with Gasteiger partial charge in [-0.3, -0.25) is 0 Å². The first kappa shape index (κ1) is 21.0. The fourth-order valence-electron chi connectivity index (χ4n) is 3.63. The van der Waals surface area contributed by atoms with Gasteiger partial charge in [0.15, 0.2) is 24.8 Å². The number of hydrogen-bond donors (Lipinski definition) is 0. The summed E-state index contributed by atoms with van der Waals surface area (Å²) in [5.41, 5.74) is 4.70. The van der Waals surface area contributed by atoms with Gasteiger partial charge in [0, 0.05) is 16.7 Å². The summed E-state index contributed by atoms with van der Waals surface area (Å²) < 4.78 is 0. The molecule has 0 radical (unpaired) electrons. The Bertz CT molecular complexity index is 1080. The van der Waals surface area contributed by atoms with Crippen molar-refractivity contribution in [2.45, 2.75) is 33.5 Å². The smallest absolute Gasteiger partial charge is 0.164 e. The normalized spacial score (nSPS) is 11.3. The van der Waals surface area contributed by atoms with Crippen LogP contribution in [-0.4, -0.2) is 22.2 Å². The van der Waals surface area contributed by atoms with Crippen LogP contribution in [0.15, 0.2) is 84.9 Å². The summed E-state index contributed by atoms with van der Waals surface area (Å²) in [4.78, 5) is 14.5. The van der Waals surface area contributed by atoms with E-state index in [4.69, 9.17) is 15.0 Å². The van der Waals surface area contributed by atoms with E-state index in [2.05, 4.69) is 45.0 Å². The lowest BCUT2D eigenvalue weighted by Gasteiger charge is -2.17. The van der Waals surface area contributed by atoms with Crippen molar-refractivity contribution < 1.29 is 0 Å². The predicted molar refractivity (Wildman–Crippen MR) is 132 cm³/mol. The lowest BCUT2D eigenvalue weighted by atomic mass is 9.63. The minimum Gasteiger partial charge on any atom is -0.208 e. The van der Waals surface area contributed by atoms with E-state index in [9.17, 15) is 0 Å². The maximum atomic E-state index is 4.84. The Morgan fingerprint density at radius 3 is 1.61 bits per heavy atom. The monoisotopic (exact) mass is 405 g/mol. The topological polar surface area (TPSA) is 38.7 Å². The standard InChI is InChI=1S/C27H28BN3/c1-27(2,3)17-18-28-23-16-10-15-22(19-23)26-30-24(20-11-6-4-7-12-20)29-25(31-26)21-13-8-5-9-14-21/h4-16,19,28H,17-18H2,1-3H3. The van der Waals surface area contributed by atoms with E-state index in [0.29, 0.717) is 22.9 Å². The van der Waals surface area contributed by atoms with Gasteiger partial charge in [0.25, 0.3) is 0 Å². The Balaban J connectivity index is 1.71. The maximum Gasteiger partial charge on any atom is 0.164 e. The van der Waals surface area contributed by atoms with Crippen molar-refractivity contribution in [2.24, 2.45) is 5.41 Å². The van der Waals surface area contributed by atoms with E-state index in [1.807, 2.05) is 60.7 Å². The van der Waals surface area contributed by atoms with Gasteiger partial charge >= 0.3 is 0 Å². The molecule has 4 heteroatoms. The Kier molecular flexibility index (Phi) is 6.27. The SMILES string of the molecule is CC(C)(C)CCBc1cccc(-c2nc(-c3ccccc3)nc(-c3ccccc3)n2)c1. The van der Waals surface area contributed by atoms with Crippen LogP contribution in [0, 0.1) is 5.41 Å². The molecular weight excluding hydrogens is 377 g/mol. The third-order valence-electron chi connectivity index (χ3n) is 5.28. The van der Waals surface area contributed by atoms with Crippen LogP contribution in [0.5, 0.6) is 0 Å². The van der Waals surface area contributed by atoms with Gasteiger partial charge in [-0.1, -0.05) is 124 Å². The van der Waals surface area contributed by atoms with Crippen LogP contribution in [0.1, 0.15) is 27.2 Å². The quantitative estimate of drug-likeness (QED) is 0.381. The molecule has 0 spiro atoms. The number of aromatic nitrogens is 3. The molecule has 3 aromatic carbocycles. The highest BCUT2D eigenvalue weighted by atomic mass is 15.0. The maximum absolute atomic E-state index is 4.84. The van der Waals surface area contributed by atoms with Crippen molar-refractivity contribution >= 4 is 12.7 Å². The highest BCUT2D eigenvalue weighted by molar-refractivity contribution is 6.53. The molecule has 0 atom stereocenters. The molecule has 0 bridgehead atoms. The summed E-state index contributed by atoms with van der Waals surface area (Å²) >= 11 is 0. The van der Waals surface area contributed by atoms with Crippen molar-refractivity contribution in [3.63, 3.8) is 0 Å². The lowest BCUT2D eigenvalue weighted by Crippen LogP contribution is -2.16. The minimum atomic E-state index is 0.362. The summed E-state index contributed by atoms with van der Waals surface area (Å²) in [6, 6.07) is 28.8. The second-order valence-corrected chi connectivity index (χ2v) is 9.15. The van der Waals surface area contributed by atoms with Crippen LogP contribution in [0.25, 0.3) is 34.2 Å². The summed E-state index contributed by atoms with van der Waals surface area (Å²) in [6.45, 7) is 6.89. The molecule has 1 aromatic heterocycles. The summed E-state index contributed by atoms with van der Waals surface area (Å²) in [6.07, 6.45) is 2.38. The predicted octanol–water partition coefficient (Wildman–Crippen LogP) is 5.79. The highest BCUT2D eigenvalue weighted by Gasteiger charge is 2.13. The first-order valence-electron chi connectivity index (χ1n) is 10.9. The van der Waals surface area contributed by atoms with Crippen LogP contribution in [0.4, 0.5) is 0 Å². The molecule has 154 valence electrons. The molecule has 4 rings (SSSR count). The average molecular weight is 405 g/mol. The van der Waals surface area contributed by atoms with E-state index >= 15 is 0 Å². The molecular formula is C27H28BN3. The Hall–Kier alpha value is -3.27. The van der Waals surface area contributed by atoms with Crippen LogP contribution in [0.2, 0.25) is 6.32 Å². The molecule has 31 heavy (non-hydrogen) atoms. The van der Waals surface area contributed by atoms with Gasteiger partial charge in [-0.05, 0) is 5.41 Å². The van der Waals surface area contributed by atoms with Crippen molar-refractivity contribution in [3.8, 4) is 34.2 Å². The number of hydrogen-bond acceptors (Lipinski definition) is 3. The van der Waals surface area contributed by atoms with Gasteiger partial charge in [-0.15, -0.1) is 0 Å². The number of rotatable bonds is 6. The largest absolute Gasteiger partial charge is 0.208 e. The van der Waals surface area contributed by atoms with Gasteiger partial charge in [-0.25, -0.2) is 15.0 Å². The molecule has 0 aliphatic heterocycles. The molecule has 0 aliphatic rings. The fraction of sp³-hybridized carbons (Fsp3) is 0.222. The first-order chi connectivity index (χ1) is 15.0. The fourth-order valence-corrected chi connectivity index (χ4v) is 3.63. The second kappa shape index (κ2) is 9.26. The minimum absolute atomic E-state index is 0.362. The molecule has 1 heterocycles. The van der Waals surface area contributed by atoms with Crippen LogP contribution in [0.3, 0.4) is 0 Å². The molecule has 0 unspecified atom stereocenters.